The molecule has 0 saturated carbocycles. The van der Waals surface area contributed by atoms with Crippen LogP contribution in [0.4, 0.5) is 5.69 Å². The molecule has 0 bridgehead atoms. The van der Waals surface area contributed by atoms with Crippen molar-refractivity contribution in [2.75, 3.05) is 25.1 Å². The van der Waals surface area contributed by atoms with Gasteiger partial charge >= 0.3 is 5.97 Å². The maximum absolute atomic E-state index is 12.6. The lowest BCUT2D eigenvalue weighted by atomic mass is 10.1. The van der Waals surface area contributed by atoms with E-state index in [1.54, 1.807) is 30.2 Å². The van der Waals surface area contributed by atoms with E-state index in [1.165, 1.54) is 0 Å². The minimum Gasteiger partial charge on any atom is -0.478 e. The Hall–Kier alpha value is -1.92. The normalized spacial score (nSPS) is 24.1. The molecule has 112 valence electrons. The molecule has 2 aliphatic heterocycles. The number of carboxylic acid groups (broad SMARTS) is 1. The number of carboxylic acids is 1. The predicted octanol–water partition coefficient (Wildman–Crippen LogP) is 0.651. The molecule has 2 atom stereocenters. The van der Waals surface area contributed by atoms with Crippen molar-refractivity contribution in [2.24, 2.45) is 0 Å². The number of amides is 1. The second-order valence-corrected chi connectivity index (χ2v) is 5.44. The maximum atomic E-state index is 12.6. The molecule has 0 radical (unpaired) electrons. The lowest BCUT2D eigenvalue weighted by molar-refractivity contribution is -0.120. The number of nitrogens with one attached hydrogen (secondary N) is 1. The minimum absolute atomic E-state index is 0.0383. The maximum Gasteiger partial charge on any atom is 0.335 e. The van der Waals surface area contributed by atoms with Gasteiger partial charge in [0.15, 0.2) is 0 Å². The summed E-state index contributed by atoms with van der Waals surface area (Å²) in [7, 11) is 1.65. The smallest absolute Gasteiger partial charge is 0.335 e. The standard InChI is InChI=1S/C15H18N2O4/c1-21-11-7-12(16-8-11)14(18)17-5-4-9-6-10(15(19)20)2-3-13(9)17/h2-3,6,11-12,16H,4-5,7-8H2,1H3,(H,19,20). The molecule has 1 aromatic rings. The zero-order valence-corrected chi connectivity index (χ0v) is 11.8. The highest BCUT2D eigenvalue weighted by molar-refractivity contribution is 6.00. The van der Waals surface area contributed by atoms with Crippen LogP contribution in [0.2, 0.25) is 0 Å². The van der Waals surface area contributed by atoms with Crippen molar-refractivity contribution in [3.8, 4) is 0 Å². The average molecular weight is 290 g/mol. The first-order chi connectivity index (χ1) is 10.1. The second-order valence-electron chi connectivity index (χ2n) is 5.44. The zero-order chi connectivity index (χ0) is 15.0. The Kier molecular flexibility index (Phi) is 3.65. The van der Waals surface area contributed by atoms with E-state index in [4.69, 9.17) is 9.84 Å². The molecular formula is C15H18N2O4. The molecule has 1 fully saturated rings. The van der Waals surface area contributed by atoms with Crippen LogP contribution in [0.15, 0.2) is 18.2 Å². The van der Waals surface area contributed by atoms with Crippen LogP contribution in [0.5, 0.6) is 0 Å². The van der Waals surface area contributed by atoms with E-state index in [-0.39, 0.29) is 23.6 Å². The minimum atomic E-state index is -0.942. The number of hydrogen-bond donors (Lipinski definition) is 2. The van der Waals surface area contributed by atoms with Gasteiger partial charge in [0.25, 0.3) is 0 Å². The third-order valence-electron chi connectivity index (χ3n) is 4.21. The van der Waals surface area contributed by atoms with Crippen LogP contribution in [0.1, 0.15) is 22.3 Å². The highest BCUT2D eigenvalue weighted by Gasteiger charge is 2.35. The average Bonchev–Trinajstić information content (AvgIpc) is 3.12. The van der Waals surface area contributed by atoms with Crippen LogP contribution >= 0.6 is 0 Å². The number of nitrogens with zero attached hydrogens (tertiary/aromatic N) is 1. The molecule has 1 amide bonds. The van der Waals surface area contributed by atoms with Gasteiger partial charge < -0.3 is 20.1 Å². The fourth-order valence-corrected chi connectivity index (χ4v) is 3.02. The fraction of sp³-hybridized carbons (Fsp3) is 0.467. The summed E-state index contributed by atoms with van der Waals surface area (Å²) < 4.78 is 5.27. The van der Waals surface area contributed by atoms with Gasteiger partial charge in [-0.25, -0.2) is 4.79 Å². The molecule has 3 rings (SSSR count). The number of aromatic carboxylic acids is 1. The van der Waals surface area contributed by atoms with Crippen molar-refractivity contribution in [3.05, 3.63) is 29.3 Å². The topological polar surface area (TPSA) is 78.9 Å². The third-order valence-corrected chi connectivity index (χ3v) is 4.21. The monoisotopic (exact) mass is 290 g/mol. The van der Waals surface area contributed by atoms with Crippen molar-refractivity contribution in [1.82, 2.24) is 5.32 Å². The molecule has 1 aromatic carbocycles. The van der Waals surface area contributed by atoms with Crippen LogP contribution in [-0.2, 0) is 16.0 Å². The highest BCUT2D eigenvalue weighted by atomic mass is 16.5. The van der Waals surface area contributed by atoms with E-state index in [2.05, 4.69) is 5.32 Å². The van der Waals surface area contributed by atoms with Crippen molar-refractivity contribution in [2.45, 2.75) is 25.0 Å². The largest absolute Gasteiger partial charge is 0.478 e. The molecule has 21 heavy (non-hydrogen) atoms. The molecule has 0 aliphatic carbocycles. The Morgan fingerprint density at radius 3 is 2.90 bits per heavy atom. The summed E-state index contributed by atoms with van der Waals surface area (Å²) in [5.41, 5.74) is 2.01. The number of carbonyl (C=O) groups excluding carboxylic acids is 1. The van der Waals surface area contributed by atoms with E-state index < -0.39 is 5.97 Å². The van der Waals surface area contributed by atoms with Gasteiger partial charge in [0.1, 0.15) is 0 Å². The van der Waals surface area contributed by atoms with Crippen LogP contribution in [-0.4, -0.2) is 49.3 Å². The quantitative estimate of drug-likeness (QED) is 0.854. The van der Waals surface area contributed by atoms with Gasteiger partial charge in [-0.15, -0.1) is 0 Å². The third kappa shape index (κ3) is 2.52. The summed E-state index contributed by atoms with van der Waals surface area (Å²) in [4.78, 5) is 25.3. The SMILES string of the molecule is COC1CNC(C(=O)N2CCc3cc(C(=O)O)ccc32)C1. The van der Waals surface area contributed by atoms with Crippen LogP contribution < -0.4 is 10.2 Å². The molecule has 2 heterocycles. The Morgan fingerprint density at radius 2 is 2.24 bits per heavy atom. The van der Waals surface area contributed by atoms with Gasteiger partial charge in [0, 0.05) is 25.9 Å². The van der Waals surface area contributed by atoms with E-state index >= 15 is 0 Å². The molecule has 2 N–H and O–H groups in total. The lowest BCUT2D eigenvalue weighted by Gasteiger charge is -2.21. The van der Waals surface area contributed by atoms with Gasteiger partial charge in [0.2, 0.25) is 5.91 Å². The lowest BCUT2D eigenvalue weighted by Crippen LogP contribution is -2.42. The summed E-state index contributed by atoms with van der Waals surface area (Å²) in [6.45, 7) is 1.29. The predicted molar refractivity (Wildman–Crippen MR) is 76.7 cm³/mol. The van der Waals surface area contributed by atoms with Crippen molar-refractivity contribution in [1.29, 1.82) is 0 Å². The number of fused-ring (bicyclic) bond motifs is 1. The Morgan fingerprint density at radius 1 is 1.43 bits per heavy atom. The number of hydrogen-bond acceptors (Lipinski definition) is 4. The molecule has 0 spiro atoms. The number of benzene rings is 1. The first-order valence-electron chi connectivity index (χ1n) is 7.04. The number of ether oxygens (including phenoxy) is 1. The summed E-state index contributed by atoms with van der Waals surface area (Å²) in [5.74, 6) is -0.903. The van der Waals surface area contributed by atoms with Gasteiger partial charge in [-0.05, 0) is 36.6 Å². The van der Waals surface area contributed by atoms with Gasteiger partial charge in [0.05, 0.1) is 17.7 Å². The zero-order valence-electron chi connectivity index (χ0n) is 11.8. The first kappa shape index (κ1) is 14.0. The van der Waals surface area contributed by atoms with Crippen molar-refractivity contribution < 1.29 is 19.4 Å². The summed E-state index contributed by atoms with van der Waals surface area (Å²) >= 11 is 0. The Labute approximate surface area is 122 Å². The molecule has 2 aliphatic rings. The van der Waals surface area contributed by atoms with Gasteiger partial charge in [-0.3, -0.25) is 4.79 Å². The fourth-order valence-electron chi connectivity index (χ4n) is 3.02. The molecular weight excluding hydrogens is 272 g/mol. The van der Waals surface area contributed by atoms with Crippen molar-refractivity contribution >= 4 is 17.6 Å². The number of methoxy groups -OCH3 is 1. The van der Waals surface area contributed by atoms with E-state index in [9.17, 15) is 9.59 Å². The molecule has 0 aromatic heterocycles. The van der Waals surface area contributed by atoms with Crippen molar-refractivity contribution in [3.63, 3.8) is 0 Å². The summed E-state index contributed by atoms with van der Waals surface area (Å²) in [6, 6.07) is 4.71. The van der Waals surface area contributed by atoms with E-state index in [1.807, 2.05) is 0 Å². The highest BCUT2D eigenvalue weighted by Crippen LogP contribution is 2.30. The molecule has 6 nitrogen and oxygen atoms in total. The van der Waals surface area contributed by atoms with Crippen LogP contribution in [0, 0.1) is 0 Å². The van der Waals surface area contributed by atoms with Crippen LogP contribution in [0.3, 0.4) is 0 Å². The number of anilines is 1. The van der Waals surface area contributed by atoms with Gasteiger partial charge in [-0.1, -0.05) is 0 Å². The van der Waals surface area contributed by atoms with Gasteiger partial charge in [-0.2, -0.15) is 0 Å². The first-order valence-corrected chi connectivity index (χ1v) is 7.04. The Balaban J connectivity index is 1.78. The van der Waals surface area contributed by atoms with E-state index in [0.29, 0.717) is 25.9 Å². The second kappa shape index (κ2) is 5.46. The Bertz CT molecular complexity index is 587. The number of carbonyl (C=O) groups is 2. The number of rotatable bonds is 3. The summed E-state index contributed by atoms with van der Waals surface area (Å²) in [6.07, 6.45) is 1.45. The summed E-state index contributed by atoms with van der Waals surface area (Å²) in [5, 5.41) is 12.2. The molecule has 1 saturated heterocycles. The molecule has 2 unspecified atom stereocenters. The van der Waals surface area contributed by atoms with Crippen LogP contribution in [0.25, 0.3) is 0 Å². The molecule has 6 heteroatoms. The van der Waals surface area contributed by atoms with E-state index in [0.717, 1.165) is 11.3 Å².